The first-order valence-corrected chi connectivity index (χ1v) is 5.99. The van der Waals surface area contributed by atoms with Crippen molar-refractivity contribution < 1.29 is 4.92 Å². The Morgan fingerprint density at radius 2 is 2.20 bits per heavy atom. The molecule has 0 unspecified atom stereocenters. The first-order valence-electron chi connectivity index (χ1n) is 5.99. The number of rotatable bonds is 4. The van der Waals surface area contributed by atoms with Gasteiger partial charge in [0.15, 0.2) is 5.82 Å². The van der Waals surface area contributed by atoms with Crippen molar-refractivity contribution in [3.05, 3.63) is 62.2 Å². The maximum Gasteiger partial charge on any atom is 0.293 e. The Bertz CT molecular complexity index is 709. The molecular weight excluding hydrogens is 260 g/mol. The Kier molecular flexibility index (Phi) is 3.79. The van der Waals surface area contributed by atoms with E-state index in [1.165, 1.54) is 16.8 Å². The van der Waals surface area contributed by atoms with Crippen molar-refractivity contribution in [2.24, 2.45) is 7.05 Å². The fourth-order valence-corrected chi connectivity index (χ4v) is 1.86. The summed E-state index contributed by atoms with van der Waals surface area (Å²) >= 11 is 0. The zero-order chi connectivity index (χ0) is 14.7. The number of hydrogen-bond acceptors (Lipinski definition) is 5. The molecule has 0 spiro atoms. The van der Waals surface area contributed by atoms with E-state index in [0.717, 1.165) is 5.56 Å². The van der Waals surface area contributed by atoms with E-state index >= 15 is 0 Å². The van der Waals surface area contributed by atoms with Crippen LogP contribution >= 0.6 is 0 Å². The second-order valence-electron chi connectivity index (χ2n) is 4.36. The van der Waals surface area contributed by atoms with E-state index in [9.17, 15) is 14.9 Å². The Balaban J connectivity index is 2.24. The average molecular weight is 274 g/mol. The number of nitro groups is 1. The molecule has 104 valence electrons. The minimum Gasteiger partial charge on any atom is -0.361 e. The van der Waals surface area contributed by atoms with Crippen molar-refractivity contribution in [1.29, 1.82) is 0 Å². The topological polar surface area (TPSA) is 90.1 Å². The van der Waals surface area contributed by atoms with Gasteiger partial charge in [-0.2, -0.15) is 0 Å². The molecule has 2 aromatic rings. The van der Waals surface area contributed by atoms with Crippen LogP contribution in [-0.4, -0.2) is 14.5 Å². The zero-order valence-electron chi connectivity index (χ0n) is 11.2. The lowest BCUT2D eigenvalue weighted by Gasteiger charge is -2.08. The summed E-state index contributed by atoms with van der Waals surface area (Å²) in [4.78, 5) is 26.2. The predicted molar refractivity (Wildman–Crippen MR) is 74.6 cm³/mol. The second kappa shape index (κ2) is 5.52. The lowest BCUT2D eigenvalue weighted by Crippen LogP contribution is -2.21. The summed E-state index contributed by atoms with van der Waals surface area (Å²) in [6.45, 7) is 1.99. The van der Waals surface area contributed by atoms with Crippen LogP contribution in [0.2, 0.25) is 0 Å². The van der Waals surface area contributed by atoms with Crippen LogP contribution in [0.4, 0.5) is 11.5 Å². The highest BCUT2D eigenvalue weighted by Gasteiger charge is 2.13. The molecule has 2 rings (SSSR count). The van der Waals surface area contributed by atoms with E-state index in [1.54, 1.807) is 32.3 Å². The molecule has 20 heavy (non-hydrogen) atoms. The number of nitrogens with one attached hydrogen (secondary N) is 1. The van der Waals surface area contributed by atoms with Gasteiger partial charge in [-0.05, 0) is 12.5 Å². The molecule has 1 aromatic carbocycles. The summed E-state index contributed by atoms with van der Waals surface area (Å²) in [7, 11) is 1.63. The second-order valence-corrected chi connectivity index (χ2v) is 4.36. The first kappa shape index (κ1) is 13.7. The minimum absolute atomic E-state index is 0.0678. The number of nitrogens with zero attached hydrogens (tertiary/aromatic N) is 3. The van der Waals surface area contributed by atoms with Crippen molar-refractivity contribution in [3.8, 4) is 0 Å². The molecule has 0 aliphatic rings. The lowest BCUT2D eigenvalue weighted by molar-refractivity contribution is -0.385. The predicted octanol–water partition coefficient (Wildman–Crippen LogP) is 1.61. The highest BCUT2D eigenvalue weighted by atomic mass is 16.6. The van der Waals surface area contributed by atoms with Crippen LogP contribution in [0.5, 0.6) is 0 Å². The average Bonchev–Trinajstić information content (AvgIpc) is 2.41. The van der Waals surface area contributed by atoms with E-state index in [-0.39, 0.29) is 17.1 Å². The van der Waals surface area contributed by atoms with Crippen molar-refractivity contribution >= 4 is 11.5 Å². The Labute approximate surface area is 115 Å². The molecule has 0 aliphatic heterocycles. The molecule has 0 aliphatic carbocycles. The highest BCUT2D eigenvalue weighted by molar-refractivity contribution is 5.46. The SMILES string of the molecule is Cc1c(CNc2nccn(C)c2=O)cccc1[N+](=O)[O-]. The summed E-state index contributed by atoms with van der Waals surface area (Å²) in [6, 6.07) is 4.86. The molecule has 0 atom stereocenters. The molecule has 1 heterocycles. The zero-order valence-corrected chi connectivity index (χ0v) is 11.2. The van der Waals surface area contributed by atoms with Gasteiger partial charge in [0, 0.05) is 37.6 Å². The number of benzene rings is 1. The summed E-state index contributed by atoms with van der Waals surface area (Å²) in [5.41, 5.74) is 1.17. The van der Waals surface area contributed by atoms with E-state index in [4.69, 9.17) is 0 Å². The molecular formula is C13H14N4O3. The van der Waals surface area contributed by atoms with Crippen LogP contribution in [0.3, 0.4) is 0 Å². The van der Waals surface area contributed by atoms with E-state index in [0.29, 0.717) is 12.1 Å². The van der Waals surface area contributed by atoms with Gasteiger partial charge in [0.05, 0.1) is 4.92 Å². The molecule has 0 saturated heterocycles. The molecule has 0 amide bonds. The fraction of sp³-hybridized carbons (Fsp3) is 0.231. The van der Waals surface area contributed by atoms with Crippen LogP contribution in [0.1, 0.15) is 11.1 Å². The van der Waals surface area contributed by atoms with Crippen LogP contribution in [-0.2, 0) is 13.6 Å². The normalized spacial score (nSPS) is 10.3. The maximum absolute atomic E-state index is 11.8. The molecule has 0 bridgehead atoms. The first-order chi connectivity index (χ1) is 9.50. The van der Waals surface area contributed by atoms with Crippen molar-refractivity contribution in [3.63, 3.8) is 0 Å². The van der Waals surface area contributed by atoms with Gasteiger partial charge in [-0.3, -0.25) is 14.9 Å². The van der Waals surface area contributed by atoms with Crippen molar-refractivity contribution in [2.75, 3.05) is 5.32 Å². The minimum atomic E-state index is -0.418. The third kappa shape index (κ3) is 2.66. The monoisotopic (exact) mass is 274 g/mol. The highest BCUT2D eigenvalue weighted by Crippen LogP contribution is 2.21. The van der Waals surface area contributed by atoms with Crippen LogP contribution in [0, 0.1) is 17.0 Å². The standard InChI is InChI=1S/C13H14N4O3/c1-9-10(4-3-5-11(9)17(19)20)8-15-12-13(18)16(2)7-6-14-12/h3-7H,8H2,1-2H3,(H,14,15). The Morgan fingerprint density at radius 3 is 2.90 bits per heavy atom. The van der Waals surface area contributed by atoms with Crippen LogP contribution in [0.15, 0.2) is 35.4 Å². The number of aromatic nitrogens is 2. The lowest BCUT2D eigenvalue weighted by atomic mass is 10.1. The van der Waals surface area contributed by atoms with Gasteiger partial charge < -0.3 is 9.88 Å². The third-order valence-corrected chi connectivity index (χ3v) is 3.08. The summed E-state index contributed by atoms with van der Waals surface area (Å²) < 4.78 is 1.41. The summed E-state index contributed by atoms with van der Waals surface area (Å²) in [5, 5.41) is 13.8. The molecule has 1 N–H and O–H groups in total. The van der Waals surface area contributed by atoms with E-state index < -0.39 is 4.92 Å². The van der Waals surface area contributed by atoms with Gasteiger partial charge in [0.2, 0.25) is 0 Å². The van der Waals surface area contributed by atoms with E-state index in [1.807, 2.05) is 0 Å². The smallest absolute Gasteiger partial charge is 0.293 e. The number of hydrogen-bond donors (Lipinski definition) is 1. The molecule has 0 saturated carbocycles. The molecule has 7 heteroatoms. The maximum atomic E-state index is 11.8. The van der Waals surface area contributed by atoms with Gasteiger partial charge in [0.25, 0.3) is 11.2 Å². The Hall–Kier alpha value is -2.70. The molecule has 0 radical (unpaired) electrons. The van der Waals surface area contributed by atoms with Gasteiger partial charge >= 0.3 is 0 Å². The third-order valence-electron chi connectivity index (χ3n) is 3.08. The molecule has 1 aromatic heterocycles. The van der Waals surface area contributed by atoms with E-state index in [2.05, 4.69) is 10.3 Å². The fourth-order valence-electron chi connectivity index (χ4n) is 1.86. The van der Waals surface area contributed by atoms with Crippen molar-refractivity contribution in [1.82, 2.24) is 9.55 Å². The number of aryl methyl sites for hydroxylation is 1. The Morgan fingerprint density at radius 1 is 1.45 bits per heavy atom. The van der Waals surface area contributed by atoms with Gasteiger partial charge in [-0.25, -0.2) is 4.98 Å². The van der Waals surface area contributed by atoms with Gasteiger partial charge in [-0.15, -0.1) is 0 Å². The van der Waals surface area contributed by atoms with Gasteiger partial charge in [0.1, 0.15) is 0 Å². The van der Waals surface area contributed by atoms with Crippen LogP contribution in [0.25, 0.3) is 0 Å². The molecule has 7 nitrogen and oxygen atoms in total. The van der Waals surface area contributed by atoms with Crippen LogP contribution < -0.4 is 10.9 Å². The number of anilines is 1. The summed E-state index contributed by atoms with van der Waals surface area (Å²) in [5.74, 6) is 0.223. The summed E-state index contributed by atoms with van der Waals surface area (Å²) in [6.07, 6.45) is 3.08. The number of nitro benzene ring substituents is 1. The largest absolute Gasteiger partial charge is 0.361 e. The van der Waals surface area contributed by atoms with Gasteiger partial charge in [-0.1, -0.05) is 12.1 Å². The molecule has 0 fully saturated rings. The van der Waals surface area contributed by atoms with Crippen molar-refractivity contribution in [2.45, 2.75) is 13.5 Å². The quantitative estimate of drug-likeness (QED) is 0.675.